The first-order chi connectivity index (χ1) is 8.96. The van der Waals surface area contributed by atoms with Crippen LogP contribution in [0, 0.1) is 22.6 Å². The van der Waals surface area contributed by atoms with Gasteiger partial charge in [0.1, 0.15) is 11.9 Å². The Morgan fingerprint density at radius 2 is 2.32 bits per heavy atom. The molecule has 2 rings (SSSR count). The summed E-state index contributed by atoms with van der Waals surface area (Å²) >= 11 is 0. The van der Waals surface area contributed by atoms with Crippen LogP contribution in [-0.4, -0.2) is 24.2 Å². The number of carboxylic acids is 1. The number of hydrogen-bond donors (Lipinski definition) is 1. The fourth-order valence-corrected chi connectivity index (χ4v) is 2.49. The SMILES string of the molecule is CC1(C(=O)O)CCCN(c2ccc(F)cc2C#N)C1. The summed E-state index contributed by atoms with van der Waals surface area (Å²) in [5.74, 6) is -1.30. The molecule has 5 heteroatoms. The van der Waals surface area contributed by atoms with Crippen LogP contribution in [0.4, 0.5) is 10.1 Å². The number of hydrogen-bond acceptors (Lipinski definition) is 3. The number of nitriles is 1. The van der Waals surface area contributed by atoms with E-state index in [2.05, 4.69) is 0 Å². The smallest absolute Gasteiger partial charge is 0.311 e. The number of rotatable bonds is 2. The molecule has 1 aliphatic heterocycles. The topological polar surface area (TPSA) is 64.3 Å². The van der Waals surface area contributed by atoms with Crippen LogP contribution in [-0.2, 0) is 4.79 Å². The third-order valence-electron chi connectivity index (χ3n) is 3.63. The lowest BCUT2D eigenvalue weighted by molar-refractivity contribution is -0.148. The Labute approximate surface area is 111 Å². The minimum atomic E-state index is -0.835. The number of anilines is 1. The molecule has 0 aromatic heterocycles. The predicted octanol–water partition coefficient (Wildman–Crippen LogP) is 2.39. The lowest BCUT2D eigenvalue weighted by atomic mass is 9.81. The summed E-state index contributed by atoms with van der Waals surface area (Å²) in [7, 11) is 0. The van der Waals surface area contributed by atoms with Gasteiger partial charge in [-0.25, -0.2) is 4.39 Å². The summed E-state index contributed by atoms with van der Waals surface area (Å²) in [4.78, 5) is 13.2. The van der Waals surface area contributed by atoms with E-state index in [4.69, 9.17) is 5.26 Å². The van der Waals surface area contributed by atoms with Crippen molar-refractivity contribution in [3.63, 3.8) is 0 Å². The summed E-state index contributed by atoms with van der Waals surface area (Å²) in [6.07, 6.45) is 1.35. The zero-order chi connectivity index (χ0) is 14.0. The van der Waals surface area contributed by atoms with Crippen LogP contribution in [0.3, 0.4) is 0 Å². The van der Waals surface area contributed by atoms with Gasteiger partial charge < -0.3 is 10.0 Å². The van der Waals surface area contributed by atoms with Gasteiger partial charge >= 0.3 is 5.97 Å². The third kappa shape index (κ3) is 2.53. The van der Waals surface area contributed by atoms with Gasteiger partial charge in [-0.1, -0.05) is 0 Å². The molecule has 1 heterocycles. The molecule has 1 N–H and O–H groups in total. The standard InChI is InChI=1S/C14H15FN2O2/c1-14(13(18)19)5-2-6-17(9-14)12-4-3-11(15)7-10(12)8-16/h3-4,7H,2,5-6,9H2,1H3,(H,18,19). The highest BCUT2D eigenvalue weighted by molar-refractivity contribution is 5.76. The van der Waals surface area contributed by atoms with E-state index in [0.717, 1.165) is 6.42 Å². The van der Waals surface area contributed by atoms with Gasteiger partial charge in [0.2, 0.25) is 0 Å². The molecule has 0 spiro atoms. The Hall–Kier alpha value is -2.09. The maximum absolute atomic E-state index is 13.1. The molecular weight excluding hydrogens is 247 g/mol. The van der Waals surface area contributed by atoms with Gasteiger partial charge in [-0.15, -0.1) is 0 Å². The first-order valence-corrected chi connectivity index (χ1v) is 6.14. The quantitative estimate of drug-likeness (QED) is 0.888. The van der Waals surface area contributed by atoms with E-state index in [0.29, 0.717) is 25.2 Å². The lowest BCUT2D eigenvalue weighted by Gasteiger charge is -2.39. The molecule has 1 fully saturated rings. The molecule has 0 amide bonds. The van der Waals surface area contributed by atoms with Crippen molar-refractivity contribution in [2.24, 2.45) is 5.41 Å². The van der Waals surface area contributed by atoms with Crippen molar-refractivity contribution >= 4 is 11.7 Å². The Kier molecular flexibility index (Phi) is 3.43. The van der Waals surface area contributed by atoms with Gasteiger partial charge in [0.15, 0.2) is 0 Å². The summed E-state index contributed by atoms with van der Waals surface area (Å²) in [6.45, 7) is 2.73. The zero-order valence-electron chi connectivity index (χ0n) is 10.7. The molecule has 100 valence electrons. The van der Waals surface area contributed by atoms with Crippen molar-refractivity contribution in [1.82, 2.24) is 0 Å². The maximum atomic E-state index is 13.1. The normalized spacial score (nSPS) is 22.9. The van der Waals surface area contributed by atoms with E-state index in [1.54, 1.807) is 13.0 Å². The van der Waals surface area contributed by atoms with E-state index < -0.39 is 17.2 Å². The molecule has 4 nitrogen and oxygen atoms in total. The van der Waals surface area contributed by atoms with Crippen molar-refractivity contribution in [1.29, 1.82) is 5.26 Å². The van der Waals surface area contributed by atoms with E-state index in [1.165, 1.54) is 12.1 Å². The highest BCUT2D eigenvalue weighted by atomic mass is 19.1. The molecule has 0 radical (unpaired) electrons. The second-order valence-corrected chi connectivity index (χ2v) is 5.16. The Morgan fingerprint density at radius 1 is 1.58 bits per heavy atom. The molecule has 0 bridgehead atoms. The molecule has 19 heavy (non-hydrogen) atoms. The molecule has 1 unspecified atom stereocenters. The van der Waals surface area contributed by atoms with Crippen LogP contribution >= 0.6 is 0 Å². The molecular formula is C14H15FN2O2. The summed E-state index contributed by atoms with van der Waals surface area (Å²) < 4.78 is 13.1. The van der Waals surface area contributed by atoms with Gasteiger partial charge in [0.25, 0.3) is 0 Å². The minimum absolute atomic E-state index is 0.245. The van der Waals surface area contributed by atoms with Crippen LogP contribution in [0.15, 0.2) is 18.2 Å². The van der Waals surface area contributed by atoms with E-state index >= 15 is 0 Å². The van der Waals surface area contributed by atoms with Crippen molar-refractivity contribution in [3.8, 4) is 6.07 Å². The van der Waals surface area contributed by atoms with Crippen molar-refractivity contribution in [2.75, 3.05) is 18.0 Å². The molecule has 1 aromatic rings. The van der Waals surface area contributed by atoms with Gasteiger partial charge in [0, 0.05) is 13.1 Å². The highest BCUT2D eigenvalue weighted by Gasteiger charge is 2.38. The number of aliphatic carboxylic acids is 1. The monoisotopic (exact) mass is 262 g/mol. The van der Waals surface area contributed by atoms with Crippen LogP contribution in [0.2, 0.25) is 0 Å². The van der Waals surface area contributed by atoms with Crippen LogP contribution in [0.25, 0.3) is 0 Å². The van der Waals surface area contributed by atoms with Gasteiger partial charge in [0.05, 0.1) is 16.7 Å². The molecule has 0 saturated carbocycles. The summed E-state index contributed by atoms with van der Waals surface area (Å²) in [5, 5.41) is 18.3. The van der Waals surface area contributed by atoms with Crippen molar-refractivity contribution in [2.45, 2.75) is 19.8 Å². The first-order valence-electron chi connectivity index (χ1n) is 6.14. The highest BCUT2D eigenvalue weighted by Crippen LogP contribution is 2.33. The van der Waals surface area contributed by atoms with Crippen LogP contribution in [0.5, 0.6) is 0 Å². The number of piperidine rings is 1. The average Bonchev–Trinajstić information content (AvgIpc) is 2.38. The number of halogens is 1. The molecule has 1 saturated heterocycles. The second-order valence-electron chi connectivity index (χ2n) is 5.16. The molecule has 1 aliphatic rings. The Bertz CT molecular complexity index is 553. The number of nitrogens with zero attached hydrogens (tertiary/aromatic N) is 2. The second kappa shape index (κ2) is 4.88. The Morgan fingerprint density at radius 3 is 2.95 bits per heavy atom. The zero-order valence-corrected chi connectivity index (χ0v) is 10.7. The van der Waals surface area contributed by atoms with Crippen molar-refractivity contribution in [3.05, 3.63) is 29.6 Å². The summed E-state index contributed by atoms with van der Waals surface area (Å²) in [5.41, 5.74) is 0.0324. The van der Waals surface area contributed by atoms with Gasteiger partial charge in [-0.05, 0) is 38.0 Å². The lowest BCUT2D eigenvalue weighted by Crippen LogP contribution is -2.46. The molecule has 1 aromatic carbocycles. The average molecular weight is 262 g/mol. The van der Waals surface area contributed by atoms with Crippen LogP contribution in [0.1, 0.15) is 25.3 Å². The van der Waals surface area contributed by atoms with E-state index in [1.807, 2.05) is 11.0 Å². The Balaban J connectivity index is 2.33. The van der Waals surface area contributed by atoms with Gasteiger partial charge in [-0.3, -0.25) is 4.79 Å². The fraction of sp³-hybridized carbons (Fsp3) is 0.429. The maximum Gasteiger partial charge on any atom is 0.311 e. The fourth-order valence-electron chi connectivity index (χ4n) is 2.49. The van der Waals surface area contributed by atoms with Crippen molar-refractivity contribution < 1.29 is 14.3 Å². The number of carboxylic acid groups (broad SMARTS) is 1. The number of benzene rings is 1. The van der Waals surface area contributed by atoms with E-state index in [-0.39, 0.29) is 5.56 Å². The van der Waals surface area contributed by atoms with Gasteiger partial charge in [-0.2, -0.15) is 5.26 Å². The predicted molar refractivity (Wildman–Crippen MR) is 68.3 cm³/mol. The summed E-state index contributed by atoms with van der Waals surface area (Å²) in [6, 6.07) is 5.98. The minimum Gasteiger partial charge on any atom is -0.481 e. The van der Waals surface area contributed by atoms with Crippen LogP contribution < -0.4 is 4.90 Å². The third-order valence-corrected chi connectivity index (χ3v) is 3.63. The first kappa shape index (κ1) is 13.3. The number of carbonyl (C=O) groups is 1. The largest absolute Gasteiger partial charge is 0.481 e. The molecule has 0 aliphatic carbocycles. The van der Waals surface area contributed by atoms with E-state index in [9.17, 15) is 14.3 Å². The molecule has 1 atom stereocenters.